The number of amides is 1. The van der Waals surface area contributed by atoms with Gasteiger partial charge in [-0.05, 0) is 38.9 Å². The van der Waals surface area contributed by atoms with Gasteiger partial charge in [0.15, 0.2) is 5.82 Å². The Labute approximate surface area is 146 Å². The first-order valence-electron chi connectivity index (χ1n) is 8.52. The van der Waals surface area contributed by atoms with Gasteiger partial charge in [-0.1, -0.05) is 6.07 Å². The number of carbonyl (C=O) groups is 1. The van der Waals surface area contributed by atoms with Gasteiger partial charge in [-0.25, -0.2) is 4.98 Å². The van der Waals surface area contributed by atoms with Gasteiger partial charge in [0.2, 0.25) is 5.91 Å². The number of aryl methyl sites for hydroxylation is 1. The Morgan fingerprint density at radius 2 is 2.20 bits per heavy atom. The number of nitrogens with one attached hydrogen (secondary N) is 2. The first-order chi connectivity index (χ1) is 12.0. The molecular formula is C18H23N5O2. The molecule has 2 aromatic heterocycles. The van der Waals surface area contributed by atoms with Crippen molar-refractivity contribution in [2.24, 2.45) is 0 Å². The molecule has 0 bridgehead atoms. The Hall–Kier alpha value is -2.54. The number of H-pyrrole nitrogens is 1. The molecule has 0 aromatic carbocycles. The van der Waals surface area contributed by atoms with Gasteiger partial charge in [0, 0.05) is 36.6 Å². The van der Waals surface area contributed by atoms with Crippen molar-refractivity contribution in [1.82, 2.24) is 25.2 Å². The van der Waals surface area contributed by atoms with Gasteiger partial charge in [0.1, 0.15) is 5.69 Å². The Kier molecular flexibility index (Phi) is 5.23. The lowest BCUT2D eigenvalue weighted by molar-refractivity contribution is -0.120. The summed E-state index contributed by atoms with van der Waals surface area (Å²) in [6.07, 6.45) is 4.16. The van der Waals surface area contributed by atoms with E-state index in [2.05, 4.69) is 32.2 Å². The van der Waals surface area contributed by atoms with E-state index in [0.29, 0.717) is 35.4 Å². The summed E-state index contributed by atoms with van der Waals surface area (Å²) in [6, 6.07) is 6.08. The highest BCUT2D eigenvalue weighted by molar-refractivity contribution is 5.78. The molecule has 1 amide bonds. The van der Waals surface area contributed by atoms with Gasteiger partial charge in [0.05, 0.1) is 6.42 Å². The fourth-order valence-corrected chi connectivity index (χ4v) is 2.74. The summed E-state index contributed by atoms with van der Waals surface area (Å²) in [6.45, 7) is 3.15. The molecule has 2 heterocycles. The molecule has 132 valence electrons. The first-order valence-corrected chi connectivity index (χ1v) is 8.52. The second-order valence-electron chi connectivity index (χ2n) is 6.43. The summed E-state index contributed by atoms with van der Waals surface area (Å²) in [5.74, 6) is 0.253. The zero-order chi connectivity index (χ0) is 17.8. The van der Waals surface area contributed by atoms with Crippen LogP contribution in [0.1, 0.15) is 24.1 Å². The summed E-state index contributed by atoms with van der Waals surface area (Å²) in [5, 5.41) is 2.87. The van der Waals surface area contributed by atoms with Crippen LogP contribution in [0.3, 0.4) is 0 Å². The van der Waals surface area contributed by atoms with Crippen LogP contribution in [0.4, 0.5) is 0 Å². The smallest absolute Gasteiger partial charge is 0.255 e. The molecule has 0 unspecified atom stereocenters. The van der Waals surface area contributed by atoms with E-state index in [0.717, 1.165) is 6.54 Å². The third-order valence-corrected chi connectivity index (χ3v) is 4.42. The van der Waals surface area contributed by atoms with E-state index in [1.54, 1.807) is 25.3 Å². The van der Waals surface area contributed by atoms with Gasteiger partial charge >= 0.3 is 0 Å². The van der Waals surface area contributed by atoms with Crippen LogP contribution in [0.25, 0.3) is 11.5 Å². The normalized spacial score (nSPS) is 13.9. The fraction of sp³-hybridized carbons (Fsp3) is 0.444. The zero-order valence-corrected chi connectivity index (χ0v) is 14.6. The topological polar surface area (TPSA) is 91.0 Å². The number of likely N-dealkylation sites (N-methyl/N-ethyl adjacent to an activating group) is 1. The molecule has 1 aliphatic carbocycles. The standard InChI is InChI=1S/C18H23N5O2/c1-12-14(11-16(24)20-9-10-23(2)13-6-7-13)18(25)22-17(21-12)15-5-3-4-8-19-15/h3-5,8,13H,6-7,9-11H2,1-2H3,(H,20,24)(H,21,22,25). The van der Waals surface area contributed by atoms with Crippen LogP contribution in [-0.2, 0) is 11.2 Å². The van der Waals surface area contributed by atoms with Crippen LogP contribution in [0.2, 0.25) is 0 Å². The van der Waals surface area contributed by atoms with E-state index < -0.39 is 0 Å². The van der Waals surface area contributed by atoms with Crippen molar-refractivity contribution in [2.75, 3.05) is 20.1 Å². The predicted molar refractivity (Wildman–Crippen MR) is 95.2 cm³/mol. The Morgan fingerprint density at radius 1 is 1.40 bits per heavy atom. The maximum atomic E-state index is 12.3. The van der Waals surface area contributed by atoms with Gasteiger partial charge in [-0.3, -0.25) is 14.6 Å². The summed E-state index contributed by atoms with van der Waals surface area (Å²) in [5.41, 5.74) is 1.25. The van der Waals surface area contributed by atoms with E-state index >= 15 is 0 Å². The van der Waals surface area contributed by atoms with Crippen molar-refractivity contribution < 1.29 is 4.79 Å². The van der Waals surface area contributed by atoms with Gasteiger partial charge in [-0.2, -0.15) is 0 Å². The third-order valence-electron chi connectivity index (χ3n) is 4.42. The molecule has 1 fully saturated rings. The van der Waals surface area contributed by atoms with Crippen molar-refractivity contribution in [1.29, 1.82) is 0 Å². The molecule has 0 radical (unpaired) electrons. The molecule has 7 heteroatoms. The molecule has 1 aliphatic rings. The SMILES string of the molecule is Cc1nc(-c2ccccn2)[nH]c(=O)c1CC(=O)NCCN(C)C1CC1. The number of aromatic nitrogens is 3. The van der Waals surface area contributed by atoms with Crippen molar-refractivity contribution in [3.63, 3.8) is 0 Å². The second-order valence-corrected chi connectivity index (χ2v) is 6.43. The van der Waals surface area contributed by atoms with E-state index in [-0.39, 0.29) is 17.9 Å². The number of hydrogen-bond acceptors (Lipinski definition) is 5. The van der Waals surface area contributed by atoms with Gasteiger partial charge in [0.25, 0.3) is 5.56 Å². The lowest BCUT2D eigenvalue weighted by Crippen LogP contribution is -2.35. The number of pyridine rings is 1. The quantitative estimate of drug-likeness (QED) is 0.781. The molecule has 1 saturated carbocycles. The average molecular weight is 341 g/mol. The van der Waals surface area contributed by atoms with Gasteiger partial charge in [-0.15, -0.1) is 0 Å². The minimum absolute atomic E-state index is 0.0316. The number of carbonyl (C=O) groups excluding carboxylic acids is 1. The predicted octanol–water partition coefficient (Wildman–Crippen LogP) is 0.893. The second kappa shape index (κ2) is 7.57. The van der Waals surface area contributed by atoms with E-state index in [9.17, 15) is 9.59 Å². The highest BCUT2D eigenvalue weighted by Crippen LogP contribution is 2.24. The van der Waals surface area contributed by atoms with Crippen molar-refractivity contribution in [2.45, 2.75) is 32.2 Å². The molecule has 2 N–H and O–H groups in total. The van der Waals surface area contributed by atoms with Crippen LogP contribution in [0.15, 0.2) is 29.2 Å². The van der Waals surface area contributed by atoms with Crippen LogP contribution in [0, 0.1) is 6.92 Å². The Morgan fingerprint density at radius 3 is 2.84 bits per heavy atom. The number of rotatable bonds is 7. The average Bonchev–Trinajstić information content (AvgIpc) is 3.44. The van der Waals surface area contributed by atoms with Crippen LogP contribution in [0.5, 0.6) is 0 Å². The number of aromatic amines is 1. The molecular weight excluding hydrogens is 318 g/mol. The van der Waals surface area contributed by atoms with E-state index in [4.69, 9.17) is 0 Å². The zero-order valence-electron chi connectivity index (χ0n) is 14.6. The fourth-order valence-electron chi connectivity index (χ4n) is 2.74. The lowest BCUT2D eigenvalue weighted by Gasteiger charge is -2.15. The van der Waals surface area contributed by atoms with Crippen LogP contribution in [-0.4, -0.2) is 51.9 Å². The molecule has 3 rings (SSSR count). The van der Waals surface area contributed by atoms with E-state index in [1.165, 1.54) is 12.8 Å². The molecule has 25 heavy (non-hydrogen) atoms. The molecule has 2 aromatic rings. The summed E-state index contributed by atoms with van der Waals surface area (Å²) < 4.78 is 0. The molecule has 0 saturated heterocycles. The van der Waals surface area contributed by atoms with Crippen LogP contribution < -0.4 is 10.9 Å². The minimum atomic E-state index is -0.293. The highest BCUT2D eigenvalue weighted by Gasteiger charge is 2.25. The minimum Gasteiger partial charge on any atom is -0.355 e. The van der Waals surface area contributed by atoms with Crippen molar-refractivity contribution in [3.8, 4) is 11.5 Å². The summed E-state index contributed by atoms with van der Waals surface area (Å²) >= 11 is 0. The molecule has 7 nitrogen and oxygen atoms in total. The monoisotopic (exact) mass is 341 g/mol. The van der Waals surface area contributed by atoms with E-state index in [1.807, 2.05) is 6.07 Å². The maximum absolute atomic E-state index is 12.3. The maximum Gasteiger partial charge on any atom is 0.255 e. The third kappa shape index (κ3) is 4.51. The summed E-state index contributed by atoms with van der Waals surface area (Å²) in [7, 11) is 2.07. The Bertz CT molecular complexity index is 799. The van der Waals surface area contributed by atoms with Gasteiger partial charge < -0.3 is 15.2 Å². The summed E-state index contributed by atoms with van der Waals surface area (Å²) in [4.78, 5) is 38.0. The largest absolute Gasteiger partial charge is 0.355 e. The molecule has 0 aliphatic heterocycles. The Balaban J connectivity index is 1.62. The molecule has 0 spiro atoms. The highest BCUT2D eigenvalue weighted by atomic mass is 16.2. The van der Waals surface area contributed by atoms with Crippen molar-refractivity contribution >= 4 is 5.91 Å². The number of nitrogens with zero attached hydrogens (tertiary/aromatic N) is 3. The first kappa shape index (κ1) is 17.3. The number of hydrogen-bond donors (Lipinski definition) is 2. The molecule has 0 atom stereocenters. The van der Waals surface area contributed by atoms with Crippen molar-refractivity contribution in [3.05, 3.63) is 46.0 Å². The van der Waals surface area contributed by atoms with Crippen LogP contribution >= 0.6 is 0 Å². The lowest BCUT2D eigenvalue weighted by atomic mass is 10.1.